The monoisotopic (exact) mass is 374 g/mol. The van der Waals surface area contributed by atoms with Gasteiger partial charge in [0, 0.05) is 0 Å². The van der Waals surface area contributed by atoms with Gasteiger partial charge in [0.05, 0.1) is 17.7 Å². The molecule has 0 N–H and O–H groups in total. The van der Waals surface area contributed by atoms with Crippen LogP contribution in [0.3, 0.4) is 0 Å². The smallest absolute Gasteiger partial charge is 0.338 e. The highest BCUT2D eigenvalue weighted by Crippen LogP contribution is 2.29. The zero-order chi connectivity index (χ0) is 19.5. The third-order valence-electron chi connectivity index (χ3n) is 5.44. The van der Waals surface area contributed by atoms with Gasteiger partial charge in [-0.3, -0.25) is 0 Å². The molecule has 0 aromatic heterocycles. The molecule has 0 saturated heterocycles. The number of unbranched alkanes of at least 4 members (excludes halogenated alkanes) is 5. The first-order chi connectivity index (χ1) is 13.1. The molecule has 1 aliphatic rings. The standard InChI is InChI=1S/C23H34O4/c1-3-4-5-6-7-10-17-26-22(24)20-13-15-21(16-14-20)23(25)27-18(2)19-11-8-9-12-19/h13-16,18-19H,3-12,17H2,1-2H3. The Labute approximate surface area is 163 Å². The van der Waals surface area contributed by atoms with Crippen LogP contribution in [0, 0.1) is 5.92 Å². The first-order valence-electron chi connectivity index (χ1n) is 10.6. The highest BCUT2D eigenvalue weighted by atomic mass is 16.5. The van der Waals surface area contributed by atoms with Crippen molar-refractivity contribution >= 4 is 11.9 Å². The summed E-state index contributed by atoms with van der Waals surface area (Å²) in [6.45, 7) is 4.62. The molecule has 4 heteroatoms. The second-order valence-electron chi connectivity index (χ2n) is 7.64. The van der Waals surface area contributed by atoms with Gasteiger partial charge >= 0.3 is 11.9 Å². The van der Waals surface area contributed by atoms with E-state index in [4.69, 9.17) is 9.47 Å². The molecule has 27 heavy (non-hydrogen) atoms. The van der Waals surface area contributed by atoms with E-state index in [9.17, 15) is 9.59 Å². The van der Waals surface area contributed by atoms with Gasteiger partial charge < -0.3 is 9.47 Å². The molecule has 0 heterocycles. The van der Waals surface area contributed by atoms with Gasteiger partial charge in [0.25, 0.3) is 0 Å². The number of hydrogen-bond acceptors (Lipinski definition) is 4. The Morgan fingerprint density at radius 1 is 0.926 bits per heavy atom. The summed E-state index contributed by atoms with van der Waals surface area (Å²) in [5.74, 6) is -0.172. The Bertz CT molecular complexity index is 573. The SMILES string of the molecule is CCCCCCCCOC(=O)c1ccc(C(=O)OC(C)C2CCCC2)cc1. The second-order valence-corrected chi connectivity index (χ2v) is 7.64. The lowest BCUT2D eigenvalue weighted by Crippen LogP contribution is -2.22. The molecular weight excluding hydrogens is 340 g/mol. The highest BCUT2D eigenvalue weighted by molar-refractivity contribution is 5.93. The summed E-state index contributed by atoms with van der Waals surface area (Å²) in [5, 5.41) is 0. The molecule has 150 valence electrons. The maximum absolute atomic E-state index is 12.3. The molecule has 2 rings (SSSR count). The number of esters is 2. The van der Waals surface area contributed by atoms with Crippen molar-refractivity contribution in [1.29, 1.82) is 0 Å². The quantitative estimate of drug-likeness (QED) is 0.355. The van der Waals surface area contributed by atoms with Gasteiger partial charge in [-0.1, -0.05) is 51.9 Å². The largest absolute Gasteiger partial charge is 0.462 e. The van der Waals surface area contributed by atoms with E-state index in [1.54, 1.807) is 24.3 Å². The summed E-state index contributed by atoms with van der Waals surface area (Å²) in [5.41, 5.74) is 0.952. The molecule has 4 nitrogen and oxygen atoms in total. The average molecular weight is 375 g/mol. The number of ether oxygens (including phenoxy) is 2. The van der Waals surface area contributed by atoms with Crippen LogP contribution in [-0.2, 0) is 9.47 Å². The minimum Gasteiger partial charge on any atom is -0.462 e. The Morgan fingerprint density at radius 2 is 1.48 bits per heavy atom. The van der Waals surface area contributed by atoms with Gasteiger partial charge in [0.1, 0.15) is 6.10 Å². The summed E-state index contributed by atoms with van der Waals surface area (Å²) < 4.78 is 10.9. The van der Waals surface area contributed by atoms with Gasteiger partial charge in [0.2, 0.25) is 0 Å². The number of hydrogen-bond donors (Lipinski definition) is 0. The Kier molecular flexibility index (Phi) is 9.37. The predicted octanol–water partition coefficient (Wildman–Crippen LogP) is 5.94. The van der Waals surface area contributed by atoms with Gasteiger partial charge in [-0.05, 0) is 56.4 Å². The molecule has 1 fully saturated rings. The normalized spacial score (nSPS) is 15.5. The molecule has 1 atom stereocenters. The molecule has 1 unspecified atom stereocenters. The fourth-order valence-corrected chi connectivity index (χ4v) is 3.63. The maximum Gasteiger partial charge on any atom is 0.338 e. The molecule has 1 aromatic carbocycles. The van der Waals surface area contributed by atoms with Crippen molar-refractivity contribution in [1.82, 2.24) is 0 Å². The summed E-state index contributed by atoms with van der Waals surface area (Å²) in [7, 11) is 0. The molecule has 1 saturated carbocycles. The number of benzene rings is 1. The Hall–Kier alpha value is -1.84. The molecule has 0 bridgehead atoms. The third kappa shape index (κ3) is 7.36. The maximum atomic E-state index is 12.3. The minimum absolute atomic E-state index is 0.0537. The van der Waals surface area contributed by atoms with Crippen molar-refractivity contribution in [2.75, 3.05) is 6.61 Å². The molecule has 0 amide bonds. The Morgan fingerprint density at radius 3 is 2.11 bits per heavy atom. The molecular formula is C23H34O4. The van der Waals surface area contributed by atoms with Crippen LogP contribution in [0.15, 0.2) is 24.3 Å². The van der Waals surface area contributed by atoms with Crippen LogP contribution in [0.1, 0.15) is 98.8 Å². The lowest BCUT2D eigenvalue weighted by atomic mass is 10.0. The minimum atomic E-state index is -0.331. The zero-order valence-corrected chi connectivity index (χ0v) is 16.9. The fourth-order valence-electron chi connectivity index (χ4n) is 3.63. The van der Waals surface area contributed by atoms with Gasteiger partial charge in [-0.15, -0.1) is 0 Å². The van der Waals surface area contributed by atoms with Crippen LogP contribution in [0.4, 0.5) is 0 Å². The van der Waals surface area contributed by atoms with E-state index in [1.165, 1.54) is 38.5 Å². The van der Waals surface area contributed by atoms with Gasteiger partial charge in [-0.2, -0.15) is 0 Å². The third-order valence-corrected chi connectivity index (χ3v) is 5.44. The van der Waals surface area contributed by atoms with Gasteiger partial charge in [-0.25, -0.2) is 9.59 Å². The van der Waals surface area contributed by atoms with Crippen molar-refractivity contribution in [3.05, 3.63) is 35.4 Å². The van der Waals surface area contributed by atoms with Crippen molar-refractivity contribution in [3.8, 4) is 0 Å². The van der Waals surface area contributed by atoms with Crippen LogP contribution < -0.4 is 0 Å². The zero-order valence-electron chi connectivity index (χ0n) is 16.9. The number of carbonyl (C=O) groups excluding carboxylic acids is 2. The fraction of sp³-hybridized carbons (Fsp3) is 0.652. The first kappa shape index (κ1) is 21.5. The molecule has 0 spiro atoms. The van der Waals surface area contributed by atoms with E-state index in [2.05, 4.69) is 6.92 Å². The summed E-state index contributed by atoms with van der Waals surface area (Å²) in [4.78, 5) is 24.3. The van der Waals surface area contributed by atoms with E-state index >= 15 is 0 Å². The lowest BCUT2D eigenvalue weighted by molar-refractivity contribution is 0.0203. The second kappa shape index (κ2) is 11.8. The lowest BCUT2D eigenvalue weighted by Gasteiger charge is -2.19. The van der Waals surface area contributed by atoms with Gasteiger partial charge in [0.15, 0.2) is 0 Å². The van der Waals surface area contributed by atoms with E-state index < -0.39 is 0 Å². The van der Waals surface area contributed by atoms with Crippen molar-refractivity contribution in [2.24, 2.45) is 5.92 Å². The first-order valence-corrected chi connectivity index (χ1v) is 10.6. The van der Waals surface area contributed by atoms with Crippen LogP contribution in [0.2, 0.25) is 0 Å². The average Bonchev–Trinajstić information content (AvgIpc) is 3.22. The predicted molar refractivity (Wildman–Crippen MR) is 107 cm³/mol. The Balaban J connectivity index is 1.71. The summed E-state index contributed by atoms with van der Waals surface area (Å²) in [6, 6.07) is 6.57. The van der Waals surface area contributed by atoms with Crippen molar-refractivity contribution < 1.29 is 19.1 Å². The van der Waals surface area contributed by atoms with Crippen molar-refractivity contribution in [3.63, 3.8) is 0 Å². The van der Waals surface area contributed by atoms with Crippen LogP contribution in [-0.4, -0.2) is 24.6 Å². The summed E-state index contributed by atoms with van der Waals surface area (Å²) >= 11 is 0. The van der Waals surface area contributed by atoms with E-state index in [0.29, 0.717) is 23.7 Å². The molecule has 0 radical (unpaired) electrons. The van der Waals surface area contributed by atoms with Crippen molar-refractivity contribution in [2.45, 2.75) is 84.2 Å². The molecule has 1 aliphatic carbocycles. The topological polar surface area (TPSA) is 52.6 Å². The molecule has 0 aliphatic heterocycles. The van der Waals surface area contributed by atoms with E-state index in [0.717, 1.165) is 25.7 Å². The molecule has 1 aromatic rings. The number of carbonyl (C=O) groups is 2. The van der Waals surface area contributed by atoms with Crippen LogP contribution in [0.25, 0.3) is 0 Å². The van der Waals surface area contributed by atoms with E-state index in [1.807, 2.05) is 6.92 Å². The van der Waals surface area contributed by atoms with E-state index in [-0.39, 0.29) is 18.0 Å². The van der Waals surface area contributed by atoms with Crippen LogP contribution in [0.5, 0.6) is 0 Å². The number of rotatable bonds is 11. The summed E-state index contributed by atoms with van der Waals surface area (Å²) in [6.07, 6.45) is 11.6. The van der Waals surface area contributed by atoms with Crippen LogP contribution >= 0.6 is 0 Å². The highest BCUT2D eigenvalue weighted by Gasteiger charge is 2.24.